The molecule has 1 aliphatic heterocycles. The van der Waals surface area contributed by atoms with E-state index >= 15 is 0 Å². The standard InChI is InChI=1S/C7H14N2OS/c1-5-6(10-4)11-7(8-5)9(2)3/h5-6H,1-4H3/t5-,6-/m1/s1. The highest BCUT2D eigenvalue weighted by atomic mass is 32.2. The molecule has 0 aromatic carbocycles. The summed E-state index contributed by atoms with van der Waals surface area (Å²) in [5, 5.41) is 1.06. The van der Waals surface area contributed by atoms with E-state index in [1.807, 2.05) is 19.0 Å². The van der Waals surface area contributed by atoms with E-state index in [1.54, 1.807) is 18.9 Å². The smallest absolute Gasteiger partial charge is 0.161 e. The van der Waals surface area contributed by atoms with Crippen molar-refractivity contribution in [2.75, 3.05) is 21.2 Å². The maximum atomic E-state index is 5.23. The van der Waals surface area contributed by atoms with Crippen LogP contribution < -0.4 is 0 Å². The van der Waals surface area contributed by atoms with Crippen LogP contribution in [0.1, 0.15) is 6.92 Å². The van der Waals surface area contributed by atoms with Crippen LogP contribution in [0, 0.1) is 0 Å². The first-order chi connectivity index (χ1) is 5.15. The molecule has 4 heteroatoms. The van der Waals surface area contributed by atoms with Crippen molar-refractivity contribution in [1.29, 1.82) is 0 Å². The highest BCUT2D eigenvalue weighted by molar-refractivity contribution is 8.14. The van der Waals surface area contributed by atoms with Crippen molar-refractivity contribution in [1.82, 2.24) is 4.90 Å². The fourth-order valence-electron chi connectivity index (χ4n) is 0.934. The molecule has 2 atom stereocenters. The van der Waals surface area contributed by atoms with Gasteiger partial charge < -0.3 is 9.64 Å². The molecule has 0 unspecified atom stereocenters. The molecular formula is C7H14N2OS. The molecule has 1 rings (SSSR count). The van der Waals surface area contributed by atoms with Crippen molar-refractivity contribution < 1.29 is 4.74 Å². The SMILES string of the molecule is CO[C@@H]1SC(N(C)C)=N[C@@H]1C. The van der Waals surface area contributed by atoms with Gasteiger partial charge in [-0.1, -0.05) is 11.8 Å². The van der Waals surface area contributed by atoms with Gasteiger partial charge in [-0.25, -0.2) is 0 Å². The first kappa shape index (κ1) is 8.87. The number of thioether (sulfide) groups is 1. The second-order valence-electron chi connectivity index (χ2n) is 2.77. The van der Waals surface area contributed by atoms with Crippen LogP contribution in [0.3, 0.4) is 0 Å². The average molecular weight is 174 g/mol. The summed E-state index contributed by atoms with van der Waals surface area (Å²) >= 11 is 1.68. The normalized spacial score (nSPS) is 30.4. The lowest BCUT2D eigenvalue weighted by atomic mass is 10.4. The average Bonchev–Trinajstić information content (AvgIpc) is 2.31. The Morgan fingerprint density at radius 1 is 1.55 bits per heavy atom. The Balaban J connectivity index is 2.56. The molecule has 0 spiro atoms. The lowest BCUT2D eigenvalue weighted by Gasteiger charge is -2.12. The summed E-state index contributed by atoms with van der Waals surface area (Å²) in [6.45, 7) is 2.07. The number of amidine groups is 1. The third-order valence-corrected chi connectivity index (χ3v) is 3.04. The third-order valence-electron chi connectivity index (χ3n) is 1.54. The van der Waals surface area contributed by atoms with E-state index in [-0.39, 0.29) is 11.5 Å². The second kappa shape index (κ2) is 3.45. The Bertz CT molecular complexity index is 170. The predicted octanol–water partition coefficient (Wildman–Crippen LogP) is 1.01. The Kier molecular flexibility index (Phi) is 2.78. The predicted molar refractivity (Wildman–Crippen MR) is 49.0 cm³/mol. The van der Waals surface area contributed by atoms with Crippen LogP contribution in [-0.2, 0) is 4.74 Å². The van der Waals surface area contributed by atoms with Crippen molar-refractivity contribution in [2.45, 2.75) is 18.4 Å². The zero-order valence-electron chi connectivity index (χ0n) is 7.37. The molecule has 0 radical (unpaired) electrons. The Morgan fingerprint density at radius 2 is 2.18 bits per heavy atom. The van der Waals surface area contributed by atoms with Crippen LogP contribution in [0.5, 0.6) is 0 Å². The summed E-state index contributed by atoms with van der Waals surface area (Å²) < 4.78 is 5.23. The van der Waals surface area contributed by atoms with Gasteiger partial charge in [0.15, 0.2) is 5.17 Å². The minimum Gasteiger partial charge on any atom is -0.368 e. The molecule has 64 valence electrons. The van der Waals surface area contributed by atoms with Crippen molar-refractivity contribution in [3.63, 3.8) is 0 Å². The van der Waals surface area contributed by atoms with Gasteiger partial charge in [-0.2, -0.15) is 0 Å². The second-order valence-corrected chi connectivity index (χ2v) is 3.83. The van der Waals surface area contributed by atoms with Crippen molar-refractivity contribution in [3.8, 4) is 0 Å². The minimum absolute atomic E-state index is 0.201. The Labute approximate surface area is 71.8 Å². The third kappa shape index (κ3) is 1.87. The number of hydrogen-bond donors (Lipinski definition) is 0. The highest BCUT2D eigenvalue weighted by Crippen LogP contribution is 2.27. The molecule has 0 saturated heterocycles. The van der Waals surface area contributed by atoms with Crippen LogP contribution in [0.25, 0.3) is 0 Å². The molecule has 0 bridgehead atoms. The van der Waals surface area contributed by atoms with Crippen LogP contribution >= 0.6 is 11.8 Å². The first-order valence-corrected chi connectivity index (χ1v) is 4.47. The van der Waals surface area contributed by atoms with Gasteiger partial charge in [-0.05, 0) is 6.92 Å². The van der Waals surface area contributed by atoms with Gasteiger partial charge in [0.1, 0.15) is 5.44 Å². The van der Waals surface area contributed by atoms with E-state index in [9.17, 15) is 0 Å². The number of rotatable bonds is 1. The fraction of sp³-hybridized carbons (Fsp3) is 0.857. The van der Waals surface area contributed by atoms with Crippen molar-refractivity contribution in [2.24, 2.45) is 4.99 Å². The van der Waals surface area contributed by atoms with E-state index in [2.05, 4.69) is 11.9 Å². The molecule has 0 aromatic heterocycles. The molecule has 0 amide bonds. The fourth-order valence-corrected chi connectivity index (χ4v) is 1.93. The zero-order valence-corrected chi connectivity index (χ0v) is 8.18. The van der Waals surface area contributed by atoms with Crippen LogP contribution in [0.15, 0.2) is 4.99 Å². The molecule has 0 aromatic rings. The van der Waals surface area contributed by atoms with E-state index in [0.29, 0.717) is 0 Å². The summed E-state index contributed by atoms with van der Waals surface area (Å²) in [5.74, 6) is 0. The number of methoxy groups -OCH3 is 1. The molecule has 3 nitrogen and oxygen atoms in total. The van der Waals surface area contributed by atoms with Gasteiger partial charge >= 0.3 is 0 Å². The van der Waals surface area contributed by atoms with Gasteiger partial charge in [-0.15, -0.1) is 0 Å². The van der Waals surface area contributed by atoms with Crippen LogP contribution in [0.4, 0.5) is 0 Å². The van der Waals surface area contributed by atoms with Gasteiger partial charge in [0.2, 0.25) is 0 Å². The summed E-state index contributed by atoms with van der Waals surface area (Å²) in [6.07, 6.45) is 0. The van der Waals surface area contributed by atoms with Crippen molar-refractivity contribution >= 4 is 16.9 Å². The van der Waals surface area contributed by atoms with Crippen molar-refractivity contribution in [3.05, 3.63) is 0 Å². The van der Waals surface area contributed by atoms with Gasteiger partial charge in [0, 0.05) is 21.2 Å². The van der Waals surface area contributed by atoms with Crippen LogP contribution in [0.2, 0.25) is 0 Å². The monoisotopic (exact) mass is 174 g/mol. The number of aliphatic imine (C=N–C) groups is 1. The molecule has 1 heterocycles. The Morgan fingerprint density at radius 3 is 2.45 bits per heavy atom. The molecule has 0 fully saturated rings. The summed E-state index contributed by atoms with van der Waals surface area (Å²) in [4.78, 5) is 6.43. The maximum Gasteiger partial charge on any atom is 0.161 e. The van der Waals surface area contributed by atoms with E-state index in [4.69, 9.17) is 4.74 Å². The molecule has 11 heavy (non-hydrogen) atoms. The van der Waals surface area contributed by atoms with Gasteiger partial charge in [0.05, 0.1) is 6.04 Å². The minimum atomic E-state index is 0.201. The lowest BCUT2D eigenvalue weighted by Crippen LogP contribution is -2.18. The highest BCUT2D eigenvalue weighted by Gasteiger charge is 2.27. The number of ether oxygens (including phenoxy) is 1. The largest absolute Gasteiger partial charge is 0.368 e. The molecular weight excluding hydrogens is 160 g/mol. The van der Waals surface area contributed by atoms with E-state index < -0.39 is 0 Å². The molecule has 0 saturated carbocycles. The quantitative estimate of drug-likeness (QED) is 0.593. The summed E-state index contributed by atoms with van der Waals surface area (Å²) in [7, 11) is 5.72. The Hall–Kier alpha value is -0.220. The molecule has 0 N–H and O–H groups in total. The van der Waals surface area contributed by atoms with Gasteiger partial charge in [-0.3, -0.25) is 4.99 Å². The van der Waals surface area contributed by atoms with E-state index in [0.717, 1.165) is 5.17 Å². The summed E-state index contributed by atoms with van der Waals surface area (Å²) in [5.41, 5.74) is 0.201. The van der Waals surface area contributed by atoms with Gasteiger partial charge in [0.25, 0.3) is 0 Å². The zero-order chi connectivity index (χ0) is 8.43. The molecule has 0 aliphatic carbocycles. The maximum absolute atomic E-state index is 5.23. The number of nitrogens with zero attached hydrogens (tertiary/aromatic N) is 2. The molecule has 1 aliphatic rings. The first-order valence-electron chi connectivity index (χ1n) is 3.59. The number of hydrogen-bond acceptors (Lipinski definition) is 4. The van der Waals surface area contributed by atoms with Crippen LogP contribution in [-0.4, -0.2) is 42.8 Å². The van der Waals surface area contributed by atoms with E-state index in [1.165, 1.54) is 0 Å². The lowest BCUT2D eigenvalue weighted by molar-refractivity contribution is 0.160. The topological polar surface area (TPSA) is 24.8 Å². The summed E-state index contributed by atoms with van der Waals surface area (Å²) in [6, 6.07) is 0.280.